The monoisotopic (exact) mass is 412 g/mol. The van der Waals surface area contributed by atoms with Gasteiger partial charge in [-0.1, -0.05) is 43.0 Å². The summed E-state index contributed by atoms with van der Waals surface area (Å²) in [7, 11) is 1.97. The minimum Gasteiger partial charge on any atom is -0.454 e. The molecule has 1 fully saturated rings. The second-order valence-corrected chi connectivity index (χ2v) is 8.51. The number of hydrogen-bond donors (Lipinski definition) is 2. The summed E-state index contributed by atoms with van der Waals surface area (Å²) in [5.41, 5.74) is 8.30. The fraction of sp³-hybridized carbons (Fsp3) is 0.259. The van der Waals surface area contributed by atoms with Crippen molar-refractivity contribution in [2.45, 2.75) is 31.7 Å². The van der Waals surface area contributed by atoms with Gasteiger partial charge in [0.1, 0.15) is 0 Å². The Bertz CT molecular complexity index is 1130. The van der Waals surface area contributed by atoms with E-state index in [1.807, 2.05) is 13.1 Å². The molecule has 4 nitrogen and oxygen atoms in total. The summed E-state index contributed by atoms with van der Waals surface area (Å²) in [6.07, 6.45) is 2.17. The van der Waals surface area contributed by atoms with E-state index in [4.69, 9.17) is 9.47 Å². The molecule has 0 spiro atoms. The molecule has 0 amide bonds. The zero-order chi connectivity index (χ0) is 21.4. The van der Waals surface area contributed by atoms with Crippen LogP contribution in [-0.4, -0.2) is 13.8 Å². The number of allylic oxidation sites excluding steroid dienone is 1. The number of anilines is 1. The van der Waals surface area contributed by atoms with E-state index in [-0.39, 0.29) is 5.41 Å². The minimum absolute atomic E-state index is 0.0408. The number of aryl methyl sites for hydroxylation is 1. The van der Waals surface area contributed by atoms with E-state index in [1.165, 1.54) is 27.8 Å². The summed E-state index contributed by atoms with van der Waals surface area (Å²) in [4.78, 5) is 0. The fourth-order valence-corrected chi connectivity index (χ4v) is 4.39. The van der Waals surface area contributed by atoms with Crippen molar-refractivity contribution in [2.75, 3.05) is 19.2 Å². The van der Waals surface area contributed by atoms with Crippen LogP contribution >= 0.6 is 0 Å². The van der Waals surface area contributed by atoms with Crippen LogP contribution in [0.5, 0.6) is 11.5 Å². The van der Waals surface area contributed by atoms with Gasteiger partial charge in [0.2, 0.25) is 6.79 Å². The predicted molar refractivity (Wildman–Crippen MR) is 126 cm³/mol. The Morgan fingerprint density at radius 2 is 1.74 bits per heavy atom. The van der Waals surface area contributed by atoms with Crippen molar-refractivity contribution in [2.24, 2.45) is 0 Å². The second-order valence-electron chi connectivity index (χ2n) is 8.51. The van der Waals surface area contributed by atoms with E-state index in [1.54, 1.807) is 0 Å². The summed E-state index contributed by atoms with van der Waals surface area (Å²) < 4.78 is 11.1. The molecule has 158 valence electrons. The Balaban J connectivity index is 1.38. The maximum atomic E-state index is 5.59. The molecule has 3 aromatic carbocycles. The molecule has 3 aromatic rings. The molecule has 1 heterocycles. The number of fused-ring (bicyclic) bond motifs is 1. The van der Waals surface area contributed by atoms with Crippen molar-refractivity contribution >= 4 is 5.69 Å². The third-order valence-electron chi connectivity index (χ3n) is 6.43. The van der Waals surface area contributed by atoms with Crippen LogP contribution in [0.15, 0.2) is 72.9 Å². The van der Waals surface area contributed by atoms with Gasteiger partial charge in [-0.15, -0.1) is 0 Å². The molecule has 0 bridgehead atoms. The first-order valence-electron chi connectivity index (χ1n) is 10.8. The Kier molecular flexibility index (Phi) is 4.95. The molecule has 5 rings (SSSR count). The number of ether oxygens (including phenoxy) is 2. The Hall–Kier alpha value is -3.24. The first-order valence-corrected chi connectivity index (χ1v) is 10.8. The van der Waals surface area contributed by atoms with E-state index >= 15 is 0 Å². The van der Waals surface area contributed by atoms with Gasteiger partial charge < -0.3 is 20.1 Å². The highest BCUT2D eigenvalue weighted by Crippen LogP contribution is 2.54. The lowest BCUT2D eigenvalue weighted by Gasteiger charge is -2.22. The molecule has 0 saturated heterocycles. The standard InChI is InChI=1S/C27H28N2O2/c1-18-4-10-23(15-24(18)21-7-5-20(6-8-21)16-28-3)29-19(2)27(12-13-27)22-9-11-25-26(14-22)31-17-30-25/h4-11,14-15,28-29H,2,12-13,16-17H2,1,3H3. The third-order valence-corrected chi connectivity index (χ3v) is 6.43. The fourth-order valence-electron chi connectivity index (χ4n) is 4.39. The van der Waals surface area contributed by atoms with E-state index in [2.05, 4.69) is 78.7 Å². The summed E-state index contributed by atoms with van der Waals surface area (Å²) in [5.74, 6) is 1.65. The molecular weight excluding hydrogens is 384 g/mol. The number of rotatable bonds is 7. The van der Waals surface area contributed by atoms with Gasteiger partial charge in [-0.05, 0) is 78.9 Å². The highest BCUT2D eigenvalue weighted by atomic mass is 16.7. The SMILES string of the molecule is C=C(Nc1ccc(C)c(-c2ccc(CNC)cc2)c1)C1(c2ccc3c(c2)OCO3)CC1. The second kappa shape index (κ2) is 7.78. The number of nitrogens with one attached hydrogen (secondary N) is 2. The van der Waals surface area contributed by atoms with Gasteiger partial charge in [-0.2, -0.15) is 0 Å². The highest BCUT2D eigenvalue weighted by Gasteiger charge is 2.47. The minimum atomic E-state index is -0.0408. The lowest BCUT2D eigenvalue weighted by molar-refractivity contribution is 0.174. The Labute approximate surface area is 183 Å². The van der Waals surface area contributed by atoms with Crippen molar-refractivity contribution in [3.05, 3.63) is 89.6 Å². The maximum Gasteiger partial charge on any atom is 0.231 e. The van der Waals surface area contributed by atoms with Gasteiger partial charge >= 0.3 is 0 Å². The molecule has 0 unspecified atom stereocenters. The molecule has 1 aliphatic carbocycles. The lowest BCUT2D eigenvalue weighted by atomic mass is 9.92. The van der Waals surface area contributed by atoms with E-state index in [0.717, 1.165) is 42.3 Å². The van der Waals surface area contributed by atoms with Gasteiger partial charge in [0, 0.05) is 23.3 Å². The highest BCUT2D eigenvalue weighted by molar-refractivity contribution is 5.72. The lowest BCUT2D eigenvalue weighted by Crippen LogP contribution is -2.16. The van der Waals surface area contributed by atoms with Gasteiger partial charge in [-0.3, -0.25) is 0 Å². The summed E-state index contributed by atoms with van der Waals surface area (Å²) in [5, 5.41) is 6.80. The molecule has 2 aliphatic rings. The number of hydrogen-bond acceptors (Lipinski definition) is 4. The number of benzene rings is 3. The van der Waals surface area contributed by atoms with Crippen LogP contribution < -0.4 is 20.1 Å². The van der Waals surface area contributed by atoms with Crippen molar-refractivity contribution < 1.29 is 9.47 Å². The van der Waals surface area contributed by atoms with Crippen molar-refractivity contribution in [1.82, 2.24) is 5.32 Å². The van der Waals surface area contributed by atoms with Crippen LogP contribution in [0.4, 0.5) is 5.69 Å². The van der Waals surface area contributed by atoms with Gasteiger partial charge in [-0.25, -0.2) is 0 Å². The molecule has 1 aliphatic heterocycles. The molecule has 0 atom stereocenters. The van der Waals surface area contributed by atoms with Crippen LogP contribution in [0.1, 0.15) is 29.5 Å². The average Bonchev–Trinajstić information content (AvgIpc) is 3.47. The summed E-state index contributed by atoms with van der Waals surface area (Å²) in [6.45, 7) is 7.75. The van der Waals surface area contributed by atoms with Crippen molar-refractivity contribution in [3.8, 4) is 22.6 Å². The van der Waals surface area contributed by atoms with Crippen LogP contribution in [0.2, 0.25) is 0 Å². The van der Waals surface area contributed by atoms with E-state index in [9.17, 15) is 0 Å². The zero-order valence-electron chi connectivity index (χ0n) is 18.1. The predicted octanol–water partition coefficient (Wildman–Crippen LogP) is 5.77. The quantitative estimate of drug-likeness (QED) is 0.517. The normalized spacial score (nSPS) is 15.5. The third kappa shape index (κ3) is 3.68. The van der Waals surface area contributed by atoms with Gasteiger partial charge in [0.15, 0.2) is 11.5 Å². The molecule has 0 radical (unpaired) electrons. The molecule has 31 heavy (non-hydrogen) atoms. The van der Waals surface area contributed by atoms with Crippen LogP contribution in [0.25, 0.3) is 11.1 Å². The summed E-state index contributed by atoms with van der Waals surface area (Å²) >= 11 is 0. The topological polar surface area (TPSA) is 42.5 Å². The van der Waals surface area contributed by atoms with Crippen molar-refractivity contribution in [3.63, 3.8) is 0 Å². The van der Waals surface area contributed by atoms with Gasteiger partial charge in [0.05, 0.1) is 0 Å². The largest absolute Gasteiger partial charge is 0.454 e. The first kappa shape index (κ1) is 19.7. The van der Waals surface area contributed by atoms with Crippen molar-refractivity contribution in [1.29, 1.82) is 0 Å². The summed E-state index contributed by atoms with van der Waals surface area (Å²) in [6, 6.07) is 21.5. The zero-order valence-corrected chi connectivity index (χ0v) is 18.1. The molecule has 0 aromatic heterocycles. The first-order chi connectivity index (χ1) is 15.1. The molecule has 2 N–H and O–H groups in total. The molecule has 1 saturated carbocycles. The maximum absolute atomic E-state index is 5.59. The van der Waals surface area contributed by atoms with E-state index in [0.29, 0.717) is 6.79 Å². The Morgan fingerprint density at radius 3 is 2.48 bits per heavy atom. The smallest absolute Gasteiger partial charge is 0.231 e. The molecule has 4 heteroatoms. The van der Waals surface area contributed by atoms with Crippen LogP contribution in [0.3, 0.4) is 0 Å². The average molecular weight is 413 g/mol. The molecular formula is C27H28N2O2. The Morgan fingerprint density at radius 1 is 0.968 bits per heavy atom. The van der Waals surface area contributed by atoms with Gasteiger partial charge in [0.25, 0.3) is 0 Å². The van der Waals surface area contributed by atoms with Crippen LogP contribution in [-0.2, 0) is 12.0 Å². The van der Waals surface area contributed by atoms with E-state index < -0.39 is 0 Å². The van der Waals surface area contributed by atoms with Crippen LogP contribution in [0, 0.1) is 6.92 Å².